The Morgan fingerprint density at radius 2 is 0.711 bits per heavy atom. The molecule has 0 aliphatic heterocycles. The summed E-state index contributed by atoms with van der Waals surface area (Å²) in [4.78, 5) is 0.159. The lowest BCUT2D eigenvalue weighted by atomic mass is 9.87. The second kappa shape index (κ2) is 11.6. The van der Waals surface area contributed by atoms with E-state index in [4.69, 9.17) is 0 Å². The van der Waals surface area contributed by atoms with Crippen molar-refractivity contribution in [3.63, 3.8) is 0 Å². The molecule has 1 N–H and O–H groups in total. The summed E-state index contributed by atoms with van der Waals surface area (Å²) in [5.41, 5.74) is 1.19. The molecule has 0 aromatic heterocycles. The third kappa shape index (κ3) is 6.93. The van der Waals surface area contributed by atoms with E-state index >= 15 is 8.78 Å². The van der Waals surface area contributed by atoms with Crippen LogP contribution in [0.4, 0.5) is 30.7 Å². The van der Waals surface area contributed by atoms with Crippen LogP contribution in [0.2, 0.25) is 0 Å². The van der Waals surface area contributed by atoms with Crippen LogP contribution >= 0.6 is 10.3 Å². The fourth-order valence-corrected chi connectivity index (χ4v) is 9.94. The molecule has 0 atom stereocenters. The Bertz CT molecular complexity index is 1450. The highest BCUT2D eigenvalue weighted by Gasteiger charge is 2.82. The van der Waals surface area contributed by atoms with Gasteiger partial charge in [0.2, 0.25) is 0 Å². The van der Waals surface area contributed by atoms with Crippen molar-refractivity contribution in [3.8, 4) is 0 Å². The van der Waals surface area contributed by atoms with Gasteiger partial charge >= 0.3 is 27.5 Å². The second-order valence-corrected chi connectivity index (χ2v) is 18.7. The van der Waals surface area contributed by atoms with Crippen molar-refractivity contribution in [3.05, 3.63) is 89.5 Å². The molecule has 0 radical (unpaired) electrons. The zero-order valence-electron chi connectivity index (χ0n) is 26.7. The van der Waals surface area contributed by atoms with Crippen LogP contribution in [-0.4, -0.2) is 29.4 Å². The first-order valence-electron chi connectivity index (χ1n) is 14.1. The molecule has 3 nitrogen and oxygen atoms in total. The summed E-state index contributed by atoms with van der Waals surface area (Å²) in [5, 5.41) is -6.61. The Morgan fingerprint density at radius 3 is 0.911 bits per heavy atom. The van der Waals surface area contributed by atoms with E-state index in [1.807, 2.05) is 62.3 Å². The summed E-state index contributed by atoms with van der Waals surface area (Å²) in [7, 11) is -10.7. The van der Waals surface area contributed by atoms with Crippen molar-refractivity contribution in [1.82, 2.24) is 0 Å². The molecule has 0 aliphatic rings. The predicted octanol–water partition coefficient (Wildman–Crippen LogP) is 11.0. The van der Waals surface area contributed by atoms with E-state index in [2.05, 4.69) is 3.63 Å². The highest BCUT2D eigenvalue weighted by Crippen LogP contribution is 2.69. The lowest BCUT2D eigenvalue weighted by Gasteiger charge is -2.37. The molecule has 0 unspecified atom stereocenters. The molecule has 0 aliphatic carbocycles. The fourth-order valence-electron chi connectivity index (χ4n) is 4.51. The number of alkyl halides is 7. The first kappa shape index (κ1) is 36.9. The monoisotopic (exact) mass is 681 g/mol. The van der Waals surface area contributed by atoms with E-state index in [1.54, 1.807) is 36.4 Å². The van der Waals surface area contributed by atoms with Crippen LogP contribution in [0.15, 0.2) is 87.5 Å². The molecule has 3 rings (SSSR count). The first-order chi connectivity index (χ1) is 20.1. The maximum Gasteiger partial charge on any atom is 0.489 e. The van der Waals surface area contributed by atoms with Gasteiger partial charge in [0.15, 0.2) is 0 Å². The number of rotatable bonds is 7. The summed E-state index contributed by atoms with van der Waals surface area (Å²) >= 11 is 0. The minimum atomic E-state index is -6.92. The van der Waals surface area contributed by atoms with E-state index in [0.717, 1.165) is 16.7 Å². The molecule has 0 bridgehead atoms. The van der Waals surface area contributed by atoms with Crippen molar-refractivity contribution >= 4 is 20.4 Å². The molecule has 0 saturated carbocycles. The van der Waals surface area contributed by atoms with Crippen LogP contribution in [-0.2, 0) is 26.4 Å². The van der Waals surface area contributed by atoms with Crippen LogP contribution in [0, 0.1) is 0 Å². The number of halogens is 7. The molecule has 12 heteroatoms. The third-order valence-electron chi connectivity index (χ3n) is 7.44. The van der Waals surface area contributed by atoms with Crippen molar-refractivity contribution in [1.29, 1.82) is 0 Å². The number of benzene rings is 3. The maximum atomic E-state index is 15.1. The quantitative estimate of drug-likeness (QED) is 0.142. The van der Waals surface area contributed by atoms with Gasteiger partial charge < -0.3 is 0 Å². The SMILES string of the molecule is CC(C)(C)c1ccc(S([OH+]S(=O)(=O)C(F)(F)C(F)(F)C(F)(F)F)(c2ccc(C(C)(C)C)cc2)c2ccc(C(C)(C)C)cc2)cc1. The molecular formula is C33H40F7O3S2+. The zero-order chi connectivity index (χ0) is 34.7. The van der Waals surface area contributed by atoms with E-state index in [9.17, 15) is 30.4 Å². The standard InChI is InChI=1S/C33H39F7O3S2/c1-28(2,3)22-10-16-25(17-11-22)44(26-18-12-23(13-19-26)29(4,5)6,27-20-14-24(15-21-27)30(7,8)9)43-45(41,42)33(39,40)31(34,35)32(36,37)38/h10-21H,1-9H3/p+1. The lowest BCUT2D eigenvalue weighted by Crippen LogP contribution is -2.57. The van der Waals surface area contributed by atoms with Gasteiger partial charge in [0.1, 0.15) is 0 Å². The molecule has 45 heavy (non-hydrogen) atoms. The Labute approximate surface area is 262 Å². The van der Waals surface area contributed by atoms with Crippen LogP contribution in [0.5, 0.6) is 0 Å². The third-order valence-corrected chi connectivity index (χ3v) is 12.9. The van der Waals surface area contributed by atoms with Crippen LogP contribution in [0.3, 0.4) is 0 Å². The molecule has 250 valence electrons. The summed E-state index contributed by atoms with van der Waals surface area (Å²) < 4.78 is 128. The van der Waals surface area contributed by atoms with Gasteiger partial charge in [-0.05, 0) is 69.3 Å². The fraction of sp³-hybridized carbons (Fsp3) is 0.455. The molecule has 0 fully saturated rings. The highest BCUT2D eigenvalue weighted by molar-refractivity contribution is 8.32. The molecule has 3 aromatic carbocycles. The number of hydrogen-bond acceptors (Lipinski definition) is 2. The highest BCUT2D eigenvalue weighted by atomic mass is 32.3. The average Bonchev–Trinajstić information content (AvgIpc) is 2.89. The largest absolute Gasteiger partial charge is 0.489 e. The summed E-state index contributed by atoms with van der Waals surface area (Å²) in [5.74, 6) is -6.92. The molecule has 0 saturated heterocycles. The predicted molar refractivity (Wildman–Crippen MR) is 165 cm³/mol. The summed E-state index contributed by atoms with van der Waals surface area (Å²) in [6.07, 6.45) is -6.87. The van der Waals surface area contributed by atoms with E-state index < -0.39 is 37.8 Å². The maximum absolute atomic E-state index is 15.1. The lowest BCUT2D eigenvalue weighted by molar-refractivity contribution is -0.333. The minimum absolute atomic E-state index is 0.0530. The Balaban J connectivity index is 2.49. The van der Waals surface area contributed by atoms with E-state index in [1.165, 1.54) is 36.4 Å². The first-order valence-corrected chi connectivity index (χ1v) is 17.1. The van der Waals surface area contributed by atoms with Gasteiger partial charge in [0.05, 0.1) is 25.0 Å². The molecule has 3 aromatic rings. The normalized spacial score (nSPS) is 14.8. The van der Waals surface area contributed by atoms with Gasteiger partial charge in [0.25, 0.3) is 0 Å². The van der Waals surface area contributed by atoms with E-state index in [0.29, 0.717) is 0 Å². The Hall–Kier alpha value is -2.57. The van der Waals surface area contributed by atoms with Gasteiger partial charge in [-0.15, -0.1) is 8.42 Å². The van der Waals surface area contributed by atoms with Gasteiger partial charge in [0, 0.05) is 0 Å². The average molecular weight is 682 g/mol. The topological polar surface area (TPSA) is 46.9 Å². The van der Waals surface area contributed by atoms with Crippen LogP contribution < -0.4 is 0 Å². The van der Waals surface area contributed by atoms with E-state index in [-0.39, 0.29) is 30.9 Å². The number of hydrogen-bond donors (Lipinski definition) is 0. The smallest absolute Gasteiger partial charge is 0.257 e. The van der Waals surface area contributed by atoms with Crippen molar-refractivity contribution < 1.29 is 42.8 Å². The molecule has 0 amide bonds. The van der Waals surface area contributed by atoms with Crippen molar-refractivity contribution in [2.45, 2.75) is 111 Å². The van der Waals surface area contributed by atoms with Crippen LogP contribution in [0.1, 0.15) is 79.0 Å². The summed E-state index contributed by atoms with van der Waals surface area (Å²) in [6.45, 7) is 17.2. The Kier molecular flexibility index (Phi) is 9.50. The van der Waals surface area contributed by atoms with Gasteiger partial charge in [-0.3, -0.25) is 3.63 Å². The molecule has 0 spiro atoms. The van der Waals surface area contributed by atoms with Gasteiger partial charge in [-0.2, -0.15) is 30.7 Å². The van der Waals surface area contributed by atoms with Crippen molar-refractivity contribution in [2.24, 2.45) is 0 Å². The minimum Gasteiger partial charge on any atom is -0.257 e. The summed E-state index contributed by atoms with van der Waals surface area (Å²) in [6, 6.07) is 18.6. The zero-order valence-corrected chi connectivity index (χ0v) is 28.3. The Morgan fingerprint density at radius 1 is 0.467 bits per heavy atom. The van der Waals surface area contributed by atoms with Crippen LogP contribution in [0.25, 0.3) is 0 Å². The van der Waals surface area contributed by atoms with Gasteiger partial charge in [-0.1, -0.05) is 98.7 Å². The molecular weight excluding hydrogens is 641 g/mol. The van der Waals surface area contributed by atoms with Gasteiger partial charge in [-0.25, -0.2) is 0 Å². The second-order valence-electron chi connectivity index (χ2n) is 14.0. The van der Waals surface area contributed by atoms with Crippen molar-refractivity contribution in [2.75, 3.05) is 0 Å². The molecule has 0 heterocycles.